The Hall–Kier alpha value is -0.280. The molecule has 2 fully saturated rings. The number of halogens is 1. The summed E-state index contributed by atoms with van der Waals surface area (Å²) in [7, 11) is 0. The average molecular weight is 219 g/mol. The van der Waals surface area contributed by atoms with Gasteiger partial charge in [-0.3, -0.25) is 4.79 Å². The standard InChI is InChI=1S/C10H18N2O.ClH/c1-10(4-6-11-7-5-10)9(13)12-8-2-3-8;/h8,11H,2-7H2,1H3,(H,12,13);1H. The Kier molecular flexibility index (Phi) is 3.78. The lowest BCUT2D eigenvalue weighted by molar-refractivity contribution is -0.131. The minimum absolute atomic E-state index is 0. The third-order valence-electron chi connectivity index (χ3n) is 3.17. The molecule has 0 aromatic carbocycles. The molecule has 0 unspecified atom stereocenters. The summed E-state index contributed by atoms with van der Waals surface area (Å²) in [6, 6.07) is 0.499. The second kappa shape index (κ2) is 4.49. The zero-order chi connectivity index (χ0) is 9.31. The molecule has 82 valence electrons. The summed E-state index contributed by atoms with van der Waals surface area (Å²) in [5, 5.41) is 6.38. The van der Waals surface area contributed by atoms with Gasteiger partial charge in [0.25, 0.3) is 0 Å². The monoisotopic (exact) mass is 218 g/mol. The molecule has 14 heavy (non-hydrogen) atoms. The second-order valence-electron chi connectivity index (χ2n) is 4.56. The zero-order valence-corrected chi connectivity index (χ0v) is 9.45. The number of hydrogen-bond acceptors (Lipinski definition) is 2. The van der Waals surface area contributed by atoms with Crippen LogP contribution in [0.25, 0.3) is 0 Å². The number of rotatable bonds is 2. The highest BCUT2D eigenvalue weighted by Gasteiger charge is 2.37. The first-order valence-electron chi connectivity index (χ1n) is 5.22. The topological polar surface area (TPSA) is 41.1 Å². The van der Waals surface area contributed by atoms with Crippen LogP contribution < -0.4 is 10.6 Å². The van der Waals surface area contributed by atoms with E-state index in [0.717, 1.165) is 25.9 Å². The summed E-state index contributed by atoms with van der Waals surface area (Å²) in [6.07, 6.45) is 4.32. The Balaban J connectivity index is 0.000000980. The van der Waals surface area contributed by atoms with E-state index in [0.29, 0.717) is 6.04 Å². The van der Waals surface area contributed by atoms with E-state index in [-0.39, 0.29) is 23.7 Å². The molecule has 2 N–H and O–H groups in total. The smallest absolute Gasteiger partial charge is 0.226 e. The second-order valence-corrected chi connectivity index (χ2v) is 4.56. The van der Waals surface area contributed by atoms with Crippen molar-refractivity contribution in [1.82, 2.24) is 10.6 Å². The van der Waals surface area contributed by atoms with Crippen LogP contribution >= 0.6 is 12.4 Å². The number of piperidine rings is 1. The van der Waals surface area contributed by atoms with E-state index in [2.05, 4.69) is 17.6 Å². The van der Waals surface area contributed by atoms with Crippen LogP contribution in [0, 0.1) is 5.41 Å². The Labute approximate surface area is 91.4 Å². The Bertz CT molecular complexity index is 210. The average Bonchev–Trinajstić information content (AvgIpc) is 2.89. The molecular formula is C10H19ClN2O. The molecule has 1 heterocycles. The predicted molar refractivity (Wildman–Crippen MR) is 58.6 cm³/mol. The molecule has 0 aromatic heterocycles. The van der Waals surface area contributed by atoms with Crippen molar-refractivity contribution in [3.05, 3.63) is 0 Å². The maximum atomic E-state index is 11.8. The Morgan fingerprint density at radius 1 is 1.36 bits per heavy atom. The molecular weight excluding hydrogens is 200 g/mol. The maximum absolute atomic E-state index is 11.8. The van der Waals surface area contributed by atoms with Crippen LogP contribution in [0.15, 0.2) is 0 Å². The van der Waals surface area contributed by atoms with Gasteiger partial charge in [-0.1, -0.05) is 6.92 Å². The van der Waals surface area contributed by atoms with E-state index in [9.17, 15) is 4.79 Å². The van der Waals surface area contributed by atoms with Crippen LogP contribution in [-0.2, 0) is 4.79 Å². The van der Waals surface area contributed by atoms with Crippen LogP contribution in [0.2, 0.25) is 0 Å². The summed E-state index contributed by atoms with van der Waals surface area (Å²) in [5.41, 5.74) is -0.103. The van der Waals surface area contributed by atoms with Gasteiger partial charge < -0.3 is 10.6 Å². The molecule has 0 spiro atoms. The van der Waals surface area contributed by atoms with E-state index >= 15 is 0 Å². The van der Waals surface area contributed by atoms with Gasteiger partial charge in [0, 0.05) is 11.5 Å². The van der Waals surface area contributed by atoms with Gasteiger partial charge in [0.1, 0.15) is 0 Å². The minimum Gasteiger partial charge on any atom is -0.353 e. The summed E-state index contributed by atoms with van der Waals surface area (Å²) in [5.74, 6) is 0.275. The highest BCUT2D eigenvalue weighted by Crippen LogP contribution is 2.30. The Morgan fingerprint density at radius 3 is 2.43 bits per heavy atom. The van der Waals surface area contributed by atoms with Crippen LogP contribution in [0.4, 0.5) is 0 Å². The number of carbonyl (C=O) groups is 1. The van der Waals surface area contributed by atoms with Crippen molar-refractivity contribution in [3.63, 3.8) is 0 Å². The zero-order valence-electron chi connectivity index (χ0n) is 8.64. The molecule has 4 heteroatoms. The molecule has 1 saturated carbocycles. The van der Waals surface area contributed by atoms with Gasteiger partial charge in [-0.25, -0.2) is 0 Å². The number of carbonyl (C=O) groups excluding carboxylic acids is 1. The highest BCUT2D eigenvalue weighted by molar-refractivity contribution is 5.85. The molecule has 2 aliphatic rings. The maximum Gasteiger partial charge on any atom is 0.226 e. The van der Waals surface area contributed by atoms with Gasteiger partial charge in [-0.2, -0.15) is 0 Å². The van der Waals surface area contributed by atoms with Gasteiger partial charge in [0.2, 0.25) is 5.91 Å². The first kappa shape index (κ1) is 11.8. The molecule has 1 aliphatic carbocycles. The van der Waals surface area contributed by atoms with Crippen LogP contribution in [0.5, 0.6) is 0 Å². The quantitative estimate of drug-likeness (QED) is 0.728. The lowest BCUT2D eigenvalue weighted by Gasteiger charge is -2.32. The van der Waals surface area contributed by atoms with E-state index in [1.807, 2.05) is 0 Å². The molecule has 0 bridgehead atoms. The van der Waals surface area contributed by atoms with Crippen molar-refractivity contribution in [2.24, 2.45) is 5.41 Å². The minimum atomic E-state index is -0.103. The van der Waals surface area contributed by atoms with Crippen molar-refractivity contribution in [2.75, 3.05) is 13.1 Å². The van der Waals surface area contributed by atoms with Crippen molar-refractivity contribution < 1.29 is 4.79 Å². The van der Waals surface area contributed by atoms with Crippen molar-refractivity contribution in [1.29, 1.82) is 0 Å². The molecule has 1 amide bonds. The molecule has 1 saturated heterocycles. The number of nitrogens with one attached hydrogen (secondary N) is 2. The fourth-order valence-electron chi connectivity index (χ4n) is 1.79. The lowest BCUT2D eigenvalue weighted by Crippen LogP contribution is -2.46. The fraction of sp³-hybridized carbons (Fsp3) is 0.900. The van der Waals surface area contributed by atoms with Gasteiger partial charge in [-0.15, -0.1) is 12.4 Å². The third kappa shape index (κ3) is 2.61. The fourth-order valence-corrected chi connectivity index (χ4v) is 1.79. The van der Waals surface area contributed by atoms with Crippen LogP contribution in [0.1, 0.15) is 32.6 Å². The van der Waals surface area contributed by atoms with Gasteiger partial charge in [-0.05, 0) is 38.8 Å². The third-order valence-corrected chi connectivity index (χ3v) is 3.17. The van der Waals surface area contributed by atoms with Crippen molar-refractivity contribution in [3.8, 4) is 0 Å². The largest absolute Gasteiger partial charge is 0.353 e. The van der Waals surface area contributed by atoms with Gasteiger partial charge in [0.05, 0.1) is 0 Å². The highest BCUT2D eigenvalue weighted by atomic mass is 35.5. The summed E-state index contributed by atoms with van der Waals surface area (Å²) in [6.45, 7) is 4.05. The summed E-state index contributed by atoms with van der Waals surface area (Å²) >= 11 is 0. The van der Waals surface area contributed by atoms with Crippen molar-refractivity contribution >= 4 is 18.3 Å². The molecule has 0 atom stereocenters. The van der Waals surface area contributed by atoms with E-state index in [4.69, 9.17) is 0 Å². The SMILES string of the molecule is CC1(C(=O)NC2CC2)CCNCC1.Cl. The molecule has 2 rings (SSSR count). The van der Waals surface area contributed by atoms with E-state index in [1.54, 1.807) is 0 Å². The van der Waals surface area contributed by atoms with E-state index < -0.39 is 0 Å². The van der Waals surface area contributed by atoms with Crippen molar-refractivity contribution in [2.45, 2.75) is 38.6 Å². The lowest BCUT2D eigenvalue weighted by atomic mass is 9.80. The molecule has 3 nitrogen and oxygen atoms in total. The number of hydrogen-bond donors (Lipinski definition) is 2. The first-order chi connectivity index (χ1) is 6.21. The predicted octanol–water partition coefficient (Wildman–Crippen LogP) is 1.08. The van der Waals surface area contributed by atoms with Crippen LogP contribution in [-0.4, -0.2) is 25.0 Å². The molecule has 0 aromatic rings. The van der Waals surface area contributed by atoms with E-state index in [1.165, 1.54) is 12.8 Å². The molecule has 1 aliphatic heterocycles. The molecule has 0 radical (unpaired) electrons. The first-order valence-corrected chi connectivity index (χ1v) is 5.22. The Morgan fingerprint density at radius 2 is 1.93 bits per heavy atom. The van der Waals surface area contributed by atoms with Crippen LogP contribution in [0.3, 0.4) is 0 Å². The number of amides is 1. The normalized spacial score (nSPS) is 24.9. The summed E-state index contributed by atoms with van der Waals surface area (Å²) in [4.78, 5) is 11.8. The van der Waals surface area contributed by atoms with Gasteiger partial charge >= 0.3 is 0 Å². The van der Waals surface area contributed by atoms with Gasteiger partial charge in [0.15, 0.2) is 0 Å². The summed E-state index contributed by atoms with van der Waals surface area (Å²) < 4.78 is 0.